The van der Waals surface area contributed by atoms with Crippen molar-refractivity contribution >= 4 is 39.9 Å². The maximum Gasteiger partial charge on any atom is 0.253 e. The molecule has 0 atom stereocenters. The Morgan fingerprint density at radius 3 is 2.70 bits per heavy atom. The van der Waals surface area contributed by atoms with Gasteiger partial charge >= 0.3 is 0 Å². The van der Waals surface area contributed by atoms with Crippen molar-refractivity contribution in [2.45, 2.75) is 37.6 Å². The van der Waals surface area contributed by atoms with Crippen molar-refractivity contribution in [3.05, 3.63) is 66.1 Å². The van der Waals surface area contributed by atoms with Gasteiger partial charge in [0.1, 0.15) is 5.52 Å². The summed E-state index contributed by atoms with van der Waals surface area (Å²) in [4.78, 5) is 20.1. The number of piperidine rings is 1. The number of nitrogens with one attached hydrogen (secondary N) is 3. The zero-order chi connectivity index (χ0) is 24.9. The third kappa shape index (κ3) is 4.08. The number of amides is 1. The van der Waals surface area contributed by atoms with Gasteiger partial charge in [-0.05, 0) is 43.9 Å². The second-order valence-electron chi connectivity index (χ2n) is 10.1. The van der Waals surface area contributed by atoms with E-state index in [-0.39, 0.29) is 11.9 Å². The molecule has 0 radical (unpaired) electrons. The first kappa shape index (κ1) is 21.9. The van der Waals surface area contributed by atoms with E-state index in [0.717, 1.165) is 59.5 Å². The van der Waals surface area contributed by atoms with Crippen LogP contribution in [0.15, 0.2) is 54.9 Å². The number of rotatable bonds is 6. The molecule has 1 saturated heterocycles. The Morgan fingerprint density at radius 1 is 1.05 bits per heavy atom. The van der Waals surface area contributed by atoms with Gasteiger partial charge in [0.05, 0.1) is 5.56 Å². The molecule has 0 spiro atoms. The molecule has 0 bridgehead atoms. The average Bonchev–Trinajstić information content (AvgIpc) is 3.31. The SMILES string of the molecule is Cn1cc(C(=O)NC2CCN(c3nc(Nc4cc(C5CC5)[nH]n4)c4cccn4n3)CC2)c2ccccc21. The van der Waals surface area contributed by atoms with Gasteiger partial charge in [-0.1, -0.05) is 18.2 Å². The van der Waals surface area contributed by atoms with E-state index in [4.69, 9.17) is 10.1 Å². The number of aryl methyl sites for hydroxylation is 1. The molecular weight excluding hydrogens is 466 g/mol. The van der Waals surface area contributed by atoms with E-state index >= 15 is 0 Å². The van der Waals surface area contributed by atoms with Gasteiger partial charge in [0, 0.05) is 67.2 Å². The maximum atomic E-state index is 13.1. The van der Waals surface area contributed by atoms with E-state index in [1.807, 2.05) is 64.9 Å². The number of hydrogen-bond acceptors (Lipinski definition) is 6. The van der Waals surface area contributed by atoms with Crippen LogP contribution in [0.3, 0.4) is 0 Å². The zero-order valence-corrected chi connectivity index (χ0v) is 20.7. The molecule has 7 rings (SSSR count). The van der Waals surface area contributed by atoms with E-state index in [1.165, 1.54) is 18.5 Å². The molecule has 10 nitrogen and oxygen atoms in total. The highest BCUT2D eigenvalue weighted by Gasteiger charge is 2.27. The largest absolute Gasteiger partial charge is 0.350 e. The molecule has 188 valence electrons. The Kier molecular flexibility index (Phi) is 5.12. The van der Waals surface area contributed by atoms with Crippen molar-refractivity contribution in [2.75, 3.05) is 23.3 Å². The minimum absolute atomic E-state index is 0.0173. The highest BCUT2D eigenvalue weighted by molar-refractivity contribution is 6.07. The fourth-order valence-corrected chi connectivity index (χ4v) is 5.28. The molecule has 4 aromatic heterocycles. The number of hydrogen-bond donors (Lipinski definition) is 3. The monoisotopic (exact) mass is 495 g/mol. The van der Waals surface area contributed by atoms with Crippen LogP contribution in [-0.2, 0) is 7.05 Å². The summed E-state index contributed by atoms with van der Waals surface area (Å²) in [6.45, 7) is 1.53. The van der Waals surface area contributed by atoms with Crippen LogP contribution in [-0.4, -0.2) is 54.4 Å². The van der Waals surface area contributed by atoms with Gasteiger partial charge < -0.3 is 20.1 Å². The van der Waals surface area contributed by atoms with Crippen LogP contribution in [0.5, 0.6) is 0 Å². The number of aromatic nitrogens is 6. The molecule has 1 aliphatic carbocycles. The fraction of sp³-hybridized carbons (Fsp3) is 0.333. The van der Waals surface area contributed by atoms with Crippen LogP contribution >= 0.6 is 0 Å². The van der Waals surface area contributed by atoms with Crippen molar-refractivity contribution in [1.29, 1.82) is 0 Å². The van der Waals surface area contributed by atoms with Gasteiger partial charge in [-0.15, -0.1) is 5.10 Å². The van der Waals surface area contributed by atoms with Crippen molar-refractivity contribution in [3.8, 4) is 0 Å². The Labute approximate surface area is 213 Å². The first-order valence-electron chi connectivity index (χ1n) is 12.9. The number of fused-ring (bicyclic) bond motifs is 2. The number of benzene rings is 1. The molecule has 1 amide bonds. The number of anilines is 3. The molecule has 2 aliphatic rings. The van der Waals surface area contributed by atoms with Crippen molar-refractivity contribution in [2.24, 2.45) is 7.05 Å². The predicted octanol–water partition coefficient (Wildman–Crippen LogP) is 3.96. The van der Waals surface area contributed by atoms with Gasteiger partial charge in [0.15, 0.2) is 11.6 Å². The Balaban J connectivity index is 1.05. The highest BCUT2D eigenvalue weighted by atomic mass is 16.1. The molecule has 37 heavy (non-hydrogen) atoms. The van der Waals surface area contributed by atoms with Crippen molar-refractivity contribution < 1.29 is 4.79 Å². The molecule has 2 fully saturated rings. The Bertz CT molecular complexity index is 1600. The quantitative estimate of drug-likeness (QED) is 0.329. The lowest BCUT2D eigenvalue weighted by Crippen LogP contribution is -2.45. The molecule has 1 aromatic carbocycles. The molecule has 1 aliphatic heterocycles. The number of nitrogens with zero attached hydrogens (tertiary/aromatic N) is 6. The van der Waals surface area contributed by atoms with Crippen molar-refractivity contribution in [1.82, 2.24) is 34.7 Å². The summed E-state index contributed by atoms with van der Waals surface area (Å²) in [6, 6.07) is 14.2. The van der Waals surface area contributed by atoms with E-state index in [1.54, 1.807) is 0 Å². The summed E-state index contributed by atoms with van der Waals surface area (Å²) < 4.78 is 3.86. The first-order chi connectivity index (χ1) is 18.1. The van der Waals surface area contributed by atoms with Crippen LogP contribution in [0.2, 0.25) is 0 Å². The Morgan fingerprint density at radius 2 is 1.86 bits per heavy atom. The van der Waals surface area contributed by atoms with Crippen LogP contribution in [0.25, 0.3) is 16.4 Å². The minimum Gasteiger partial charge on any atom is -0.350 e. The van der Waals surface area contributed by atoms with E-state index in [9.17, 15) is 4.79 Å². The van der Waals surface area contributed by atoms with Gasteiger partial charge in [0.2, 0.25) is 5.95 Å². The number of carbonyl (C=O) groups excluding carboxylic acids is 1. The van der Waals surface area contributed by atoms with E-state index in [0.29, 0.717) is 11.9 Å². The molecule has 5 heterocycles. The number of aromatic amines is 1. The summed E-state index contributed by atoms with van der Waals surface area (Å²) in [5.74, 6) is 2.76. The molecule has 1 saturated carbocycles. The standard InChI is InChI=1S/C27H29N9O/c1-34-16-20(19-5-2-3-6-22(19)34)26(37)28-18-10-13-35(14-11-18)27-30-25(23-7-4-12-36(23)33-27)29-24-15-21(31-32-24)17-8-9-17/h2-7,12,15-18H,8-11,13-14H2,1H3,(H,28,37)(H2,29,30,31,32,33). The first-order valence-corrected chi connectivity index (χ1v) is 12.9. The van der Waals surface area contributed by atoms with Crippen LogP contribution in [0.1, 0.15) is 47.7 Å². The third-order valence-electron chi connectivity index (χ3n) is 7.50. The fourth-order valence-electron chi connectivity index (χ4n) is 5.28. The second kappa shape index (κ2) is 8.65. The number of H-pyrrole nitrogens is 1. The lowest BCUT2D eigenvalue weighted by molar-refractivity contribution is 0.0932. The number of para-hydroxylation sites is 1. The summed E-state index contributed by atoms with van der Waals surface area (Å²) in [6.07, 6.45) is 7.95. The van der Waals surface area contributed by atoms with Crippen LogP contribution in [0.4, 0.5) is 17.6 Å². The minimum atomic E-state index is -0.0173. The van der Waals surface area contributed by atoms with Gasteiger partial charge in [-0.3, -0.25) is 9.89 Å². The smallest absolute Gasteiger partial charge is 0.253 e. The topological polar surface area (TPSA) is 108 Å². The van der Waals surface area contributed by atoms with E-state index in [2.05, 4.69) is 31.8 Å². The van der Waals surface area contributed by atoms with Gasteiger partial charge in [0.25, 0.3) is 5.91 Å². The molecule has 10 heteroatoms. The maximum absolute atomic E-state index is 13.1. The van der Waals surface area contributed by atoms with Gasteiger partial charge in [-0.25, -0.2) is 4.52 Å². The highest BCUT2D eigenvalue weighted by Crippen LogP contribution is 2.39. The van der Waals surface area contributed by atoms with Crippen LogP contribution < -0.4 is 15.5 Å². The Hall–Kier alpha value is -4.34. The summed E-state index contributed by atoms with van der Waals surface area (Å²) >= 11 is 0. The third-order valence-corrected chi connectivity index (χ3v) is 7.50. The van der Waals surface area contributed by atoms with Crippen LogP contribution in [0, 0.1) is 0 Å². The predicted molar refractivity (Wildman–Crippen MR) is 142 cm³/mol. The summed E-state index contributed by atoms with van der Waals surface area (Å²) in [5, 5.41) is 19.9. The molecule has 0 unspecified atom stereocenters. The average molecular weight is 496 g/mol. The molecule has 3 N–H and O–H groups in total. The number of carbonyl (C=O) groups is 1. The summed E-state index contributed by atoms with van der Waals surface area (Å²) in [7, 11) is 1.97. The normalized spacial score (nSPS) is 16.5. The summed E-state index contributed by atoms with van der Waals surface area (Å²) in [5.41, 5.74) is 3.86. The lowest BCUT2D eigenvalue weighted by atomic mass is 10.0. The molecular formula is C27H29N9O. The lowest BCUT2D eigenvalue weighted by Gasteiger charge is -2.32. The second-order valence-corrected chi connectivity index (χ2v) is 10.1. The molecule has 5 aromatic rings. The van der Waals surface area contributed by atoms with Crippen molar-refractivity contribution in [3.63, 3.8) is 0 Å². The van der Waals surface area contributed by atoms with Gasteiger partial charge in [-0.2, -0.15) is 10.1 Å². The zero-order valence-electron chi connectivity index (χ0n) is 20.7. The van der Waals surface area contributed by atoms with E-state index < -0.39 is 0 Å².